The molecule has 0 aliphatic heterocycles. The maximum absolute atomic E-state index is 11.3. The van der Waals surface area contributed by atoms with E-state index in [0.29, 0.717) is 13.0 Å². The Morgan fingerprint density at radius 1 is 1.71 bits per heavy atom. The quantitative estimate of drug-likeness (QED) is 0.734. The third-order valence-corrected chi connectivity index (χ3v) is 2.30. The van der Waals surface area contributed by atoms with Crippen LogP contribution in [0.4, 0.5) is 0 Å². The first-order valence-electron chi connectivity index (χ1n) is 4.63. The van der Waals surface area contributed by atoms with Gasteiger partial charge in [-0.2, -0.15) is 0 Å². The Morgan fingerprint density at radius 3 is 2.86 bits per heavy atom. The maximum Gasteiger partial charge on any atom is 0.224 e. The van der Waals surface area contributed by atoms with Crippen LogP contribution >= 0.6 is 0 Å². The van der Waals surface area contributed by atoms with Crippen LogP contribution in [0.15, 0.2) is 16.7 Å². The molecule has 4 nitrogen and oxygen atoms in total. The highest BCUT2D eigenvalue weighted by Gasteiger charge is 2.18. The molecular formula is C10H16N2O2. The molecule has 0 radical (unpaired) electrons. The molecule has 1 unspecified atom stereocenters. The van der Waals surface area contributed by atoms with E-state index < -0.39 is 0 Å². The minimum atomic E-state index is -0.204. The molecule has 78 valence electrons. The molecule has 1 amide bonds. The van der Waals surface area contributed by atoms with Crippen molar-refractivity contribution in [3.8, 4) is 0 Å². The number of hydrogen-bond acceptors (Lipinski definition) is 3. The summed E-state index contributed by atoms with van der Waals surface area (Å²) >= 11 is 0. The van der Waals surface area contributed by atoms with Gasteiger partial charge in [0.05, 0.1) is 12.2 Å². The molecule has 0 aliphatic carbocycles. The molecule has 14 heavy (non-hydrogen) atoms. The summed E-state index contributed by atoms with van der Waals surface area (Å²) in [6.45, 7) is 2.29. The zero-order valence-electron chi connectivity index (χ0n) is 8.54. The van der Waals surface area contributed by atoms with Gasteiger partial charge in [0.2, 0.25) is 5.91 Å². The predicted molar refractivity (Wildman–Crippen MR) is 53.8 cm³/mol. The topological polar surface area (TPSA) is 68.3 Å². The molecule has 0 fully saturated rings. The molecule has 0 saturated carbocycles. The highest BCUT2D eigenvalue weighted by atomic mass is 16.3. The summed E-state index contributed by atoms with van der Waals surface area (Å²) in [5.41, 5.74) is 6.58. The standard InChI is InChI=1S/C10H16N2O2/c1-7-3-4-14-9(7)5-8(6-11)10(13)12-2/h3-4,8H,5-6,11H2,1-2H3,(H,12,13). The van der Waals surface area contributed by atoms with Gasteiger partial charge in [0.15, 0.2) is 0 Å². The minimum absolute atomic E-state index is 0.0386. The minimum Gasteiger partial charge on any atom is -0.469 e. The van der Waals surface area contributed by atoms with Crippen LogP contribution in [0.3, 0.4) is 0 Å². The Kier molecular flexibility index (Phi) is 3.71. The summed E-state index contributed by atoms with van der Waals surface area (Å²) in [6.07, 6.45) is 2.19. The molecule has 1 heterocycles. The Hall–Kier alpha value is -1.29. The van der Waals surface area contributed by atoms with E-state index in [1.165, 1.54) is 0 Å². The first-order valence-corrected chi connectivity index (χ1v) is 4.63. The largest absolute Gasteiger partial charge is 0.469 e. The van der Waals surface area contributed by atoms with Crippen molar-refractivity contribution >= 4 is 5.91 Å². The highest BCUT2D eigenvalue weighted by Crippen LogP contribution is 2.14. The Bertz CT molecular complexity index is 307. The molecule has 1 aromatic heterocycles. The number of nitrogens with two attached hydrogens (primary N) is 1. The number of carbonyl (C=O) groups excluding carboxylic acids is 1. The van der Waals surface area contributed by atoms with Crippen molar-refractivity contribution in [1.82, 2.24) is 5.32 Å². The van der Waals surface area contributed by atoms with Crippen LogP contribution in [0.2, 0.25) is 0 Å². The zero-order valence-corrected chi connectivity index (χ0v) is 8.54. The van der Waals surface area contributed by atoms with Gasteiger partial charge in [-0.05, 0) is 18.6 Å². The number of amides is 1. The van der Waals surface area contributed by atoms with Gasteiger partial charge < -0.3 is 15.5 Å². The van der Waals surface area contributed by atoms with E-state index in [0.717, 1.165) is 11.3 Å². The molecular weight excluding hydrogens is 180 g/mol. The van der Waals surface area contributed by atoms with E-state index in [-0.39, 0.29) is 11.8 Å². The van der Waals surface area contributed by atoms with E-state index in [4.69, 9.17) is 10.2 Å². The number of aryl methyl sites for hydroxylation is 1. The molecule has 0 saturated heterocycles. The van der Waals surface area contributed by atoms with Crippen LogP contribution < -0.4 is 11.1 Å². The third-order valence-electron chi connectivity index (χ3n) is 2.30. The van der Waals surface area contributed by atoms with Crippen molar-refractivity contribution < 1.29 is 9.21 Å². The van der Waals surface area contributed by atoms with Gasteiger partial charge >= 0.3 is 0 Å². The van der Waals surface area contributed by atoms with Crippen LogP contribution in [-0.2, 0) is 11.2 Å². The molecule has 0 bridgehead atoms. The SMILES string of the molecule is CNC(=O)C(CN)Cc1occc1C. The summed E-state index contributed by atoms with van der Waals surface area (Å²) < 4.78 is 5.26. The van der Waals surface area contributed by atoms with Gasteiger partial charge in [0.1, 0.15) is 5.76 Å². The summed E-state index contributed by atoms with van der Waals surface area (Å²) in [5.74, 6) is 0.595. The fourth-order valence-electron chi connectivity index (χ4n) is 1.32. The average Bonchev–Trinajstić information content (AvgIpc) is 2.59. The lowest BCUT2D eigenvalue weighted by Gasteiger charge is -2.11. The van der Waals surface area contributed by atoms with E-state index in [1.807, 2.05) is 13.0 Å². The van der Waals surface area contributed by atoms with Gasteiger partial charge in [0.25, 0.3) is 0 Å². The Morgan fingerprint density at radius 2 is 2.43 bits per heavy atom. The fourth-order valence-corrected chi connectivity index (χ4v) is 1.32. The van der Waals surface area contributed by atoms with Gasteiger partial charge in [-0.3, -0.25) is 4.79 Å². The maximum atomic E-state index is 11.3. The lowest BCUT2D eigenvalue weighted by Crippen LogP contribution is -2.34. The first kappa shape index (κ1) is 10.8. The Labute approximate surface area is 83.5 Å². The van der Waals surface area contributed by atoms with Crippen molar-refractivity contribution in [1.29, 1.82) is 0 Å². The van der Waals surface area contributed by atoms with Crippen LogP contribution in [0.5, 0.6) is 0 Å². The molecule has 3 N–H and O–H groups in total. The number of carbonyl (C=O) groups is 1. The summed E-state index contributed by atoms with van der Waals surface area (Å²) in [6, 6.07) is 1.88. The third kappa shape index (κ3) is 2.35. The van der Waals surface area contributed by atoms with E-state index >= 15 is 0 Å². The molecule has 1 aromatic rings. The molecule has 0 spiro atoms. The highest BCUT2D eigenvalue weighted by molar-refractivity contribution is 5.78. The Balaban J connectivity index is 2.66. The smallest absolute Gasteiger partial charge is 0.224 e. The van der Waals surface area contributed by atoms with Crippen LogP contribution in [0, 0.1) is 12.8 Å². The van der Waals surface area contributed by atoms with Crippen molar-refractivity contribution in [2.45, 2.75) is 13.3 Å². The van der Waals surface area contributed by atoms with Gasteiger partial charge in [-0.15, -0.1) is 0 Å². The van der Waals surface area contributed by atoms with Crippen LogP contribution in [-0.4, -0.2) is 19.5 Å². The molecule has 1 rings (SSSR count). The molecule has 1 atom stereocenters. The van der Waals surface area contributed by atoms with E-state index in [2.05, 4.69) is 5.32 Å². The summed E-state index contributed by atoms with van der Waals surface area (Å²) in [5, 5.41) is 2.59. The lowest BCUT2D eigenvalue weighted by molar-refractivity contribution is -0.124. The second-order valence-electron chi connectivity index (χ2n) is 3.28. The number of hydrogen-bond donors (Lipinski definition) is 2. The monoisotopic (exact) mass is 196 g/mol. The van der Waals surface area contributed by atoms with Crippen molar-refractivity contribution in [2.75, 3.05) is 13.6 Å². The van der Waals surface area contributed by atoms with Crippen LogP contribution in [0.1, 0.15) is 11.3 Å². The molecule has 0 aliphatic rings. The fraction of sp³-hybridized carbons (Fsp3) is 0.500. The molecule has 4 heteroatoms. The second-order valence-corrected chi connectivity index (χ2v) is 3.28. The number of rotatable bonds is 4. The number of nitrogens with one attached hydrogen (secondary N) is 1. The number of furan rings is 1. The second kappa shape index (κ2) is 4.81. The van der Waals surface area contributed by atoms with E-state index in [9.17, 15) is 4.79 Å². The average molecular weight is 196 g/mol. The summed E-state index contributed by atoms with van der Waals surface area (Å²) in [4.78, 5) is 11.3. The van der Waals surface area contributed by atoms with Crippen molar-refractivity contribution in [2.24, 2.45) is 11.7 Å². The van der Waals surface area contributed by atoms with Gasteiger partial charge in [-0.1, -0.05) is 0 Å². The van der Waals surface area contributed by atoms with Gasteiger partial charge in [-0.25, -0.2) is 0 Å². The first-order chi connectivity index (χ1) is 6.69. The van der Waals surface area contributed by atoms with Gasteiger partial charge in [0, 0.05) is 20.0 Å². The van der Waals surface area contributed by atoms with Crippen LogP contribution in [0.25, 0.3) is 0 Å². The van der Waals surface area contributed by atoms with E-state index in [1.54, 1.807) is 13.3 Å². The zero-order chi connectivity index (χ0) is 10.6. The van der Waals surface area contributed by atoms with Crippen molar-refractivity contribution in [3.05, 3.63) is 23.7 Å². The van der Waals surface area contributed by atoms with Crippen molar-refractivity contribution in [3.63, 3.8) is 0 Å². The predicted octanol–water partition coefficient (Wildman–Crippen LogP) is 0.451. The summed E-state index contributed by atoms with van der Waals surface area (Å²) in [7, 11) is 1.61. The molecule has 0 aromatic carbocycles. The lowest BCUT2D eigenvalue weighted by atomic mass is 10.0. The normalized spacial score (nSPS) is 12.5.